The van der Waals surface area contributed by atoms with Gasteiger partial charge in [-0.25, -0.2) is 26.2 Å². The van der Waals surface area contributed by atoms with Crippen LogP contribution in [0.15, 0.2) is 70.3 Å². The van der Waals surface area contributed by atoms with E-state index in [0.717, 1.165) is 9.36 Å². The average Bonchev–Trinajstić information content (AvgIpc) is 3.41. The molecule has 0 spiro atoms. The van der Waals surface area contributed by atoms with Gasteiger partial charge in [0.25, 0.3) is 11.1 Å². The summed E-state index contributed by atoms with van der Waals surface area (Å²) >= 11 is 0. The van der Waals surface area contributed by atoms with E-state index >= 15 is 0 Å². The molecule has 0 aliphatic heterocycles. The first-order chi connectivity index (χ1) is 20.2. The molecule has 20 heteroatoms. The molecule has 2 heterocycles. The number of nitrogens with one attached hydrogen (secondary N) is 2. The number of aromatic amines is 2. The predicted octanol–water partition coefficient (Wildman–Crippen LogP) is -5.35. The Labute approximate surface area is 306 Å². The fourth-order valence-electron chi connectivity index (χ4n) is 4.41. The fourth-order valence-corrected chi connectivity index (χ4v) is 5.82. The van der Waals surface area contributed by atoms with Crippen LogP contribution < -0.4 is 70.2 Å². The number of rotatable bonds is 8. The van der Waals surface area contributed by atoms with Gasteiger partial charge in [0, 0.05) is 11.4 Å². The van der Waals surface area contributed by atoms with E-state index in [2.05, 4.69) is 10.2 Å². The molecule has 0 fully saturated rings. The van der Waals surface area contributed by atoms with Crippen LogP contribution in [-0.2, 0) is 39.3 Å². The van der Waals surface area contributed by atoms with Gasteiger partial charge in [-0.05, 0) is 52.0 Å². The zero-order valence-corrected chi connectivity index (χ0v) is 31.1. The van der Waals surface area contributed by atoms with Gasteiger partial charge >= 0.3 is 71.1 Å². The van der Waals surface area contributed by atoms with Gasteiger partial charge < -0.3 is 19.3 Å². The third-order valence-electron chi connectivity index (χ3n) is 6.94. The van der Waals surface area contributed by atoms with Gasteiger partial charge in [0.2, 0.25) is 0 Å². The van der Waals surface area contributed by atoms with Gasteiger partial charge in [0.05, 0.1) is 22.5 Å². The summed E-state index contributed by atoms with van der Waals surface area (Å²) in [5, 5.41) is 23.6. The number of nitrogens with zero attached hydrogens (tertiary/aromatic N) is 2. The summed E-state index contributed by atoms with van der Waals surface area (Å²) in [6.07, 6.45) is 0. The molecule has 0 amide bonds. The average molecular weight is 697 g/mol. The number of carbonyl (C=O) groups is 2. The Kier molecular flexibility index (Phi) is 13.4. The number of benzene rings is 2. The largest absolute Gasteiger partial charge is 1.00 e. The number of carboxylic acids is 2. The van der Waals surface area contributed by atoms with Crippen LogP contribution in [0.5, 0.6) is 0 Å². The molecule has 0 saturated heterocycles. The molecule has 0 aliphatic carbocycles. The number of aryl methyl sites for hydroxylation is 2. The minimum atomic E-state index is -5.31. The Morgan fingerprint density at radius 1 is 0.652 bits per heavy atom. The molecule has 4 aromatic rings. The summed E-state index contributed by atoms with van der Waals surface area (Å²) in [7, 11) is -10.6. The molecule has 236 valence electrons. The van der Waals surface area contributed by atoms with Crippen LogP contribution in [-0.4, -0.2) is 67.7 Å². The Balaban J connectivity index is 0.000000441. The first-order valence-corrected chi connectivity index (χ1v) is 15.2. The number of hydrogen-bond donors (Lipinski definition) is 4. The summed E-state index contributed by atoms with van der Waals surface area (Å²) in [4.78, 5) is 47.7. The first kappa shape index (κ1) is 41.2. The number of hydrogen-bond acceptors (Lipinski definition) is 10. The summed E-state index contributed by atoms with van der Waals surface area (Å²) in [5.41, 5.74) is -2.22. The van der Waals surface area contributed by atoms with Crippen LogP contribution >= 0.6 is 0 Å². The number of para-hydroxylation sites is 2. The van der Waals surface area contributed by atoms with Crippen LogP contribution in [0.4, 0.5) is 0 Å². The molecule has 0 bridgehead atoms. The van der Waals surface area contributed by atoms with Crippen molar-refractivity contribution in [1.29, 1.82) is 0 Å². The van der Waals surface area contributed by atoms with E-state index in [9.17, 15) is 55.3 Å². The van der Waals surface area contributed by atoms with Crippen molar-refractivity contribution in [2.24, 2.45) is 0 Å². The summed E-state index contributed by atoms with van der Waals surface area (Å²) in [5.74, 6) is -3.80. The van der Waals surface area contributed by atoms with Crippen LogP contribution in [0.1, 0.15) is 36.4 Å². The van der Waals surface area contributed by atoms with Gasteiger partial charge in [-0.2, -0.15) is 0 Å². The minimum Gasteiger partial charge on any atom is -0.747 e. The maximum atomic E-state index is 12.5. The molecule has 46 heavy (non-hydrogen) atoms. The third kappa shape index (κ3) is 7.35. The quantitative estimate of drug-likeness (QED) is 0.0994. The maximum Gasteiger partial charge on any atom is 1.00 e. The Hall–Kier alpha value is -2.78. The van der Waals surface area contributed by atoms with Crippen molar-refractivity contribution in [2.75, 3.05) is 0 Å². The molecule has 2 unspecified atom stereocenters. The van der Waals surface area contributed by atoms with E-state index in [1.807, 2.05) is 0 Å². The Morgan fingerprint density at radius 3 is 1.13 bits per heavy atom. The van der Waals surface area contributed by atoms with Crippen molar-refractivity contribution >= 4 is 32.2 Å². The fraction of sp³-hybridized carbons (Fsp3) is 0.231. The topological polar surface area (TPSA) is 265 Å². The van der Waals surface area contributed by atoms with E-state index in [-0.39, 0.29) is 70.5 Å². The maximum absolute atomic E-state index is 12.5. The third-order valence-corrected chi connectivity index (χ3v) is 9.70. The number of carboxylic acid groups (broad SMARTS) is 2. The zero-order chi connectivity index (χ0) is 33.4. The van der Waals surface area contributed by atoms with Crippen LogP contribution in [0.3, 0.4) is 0 Å². The number of H-pyrrole nitrogens is 2. The molecule has 2 aromatic carbocycles. The van der Waals surface area contributed by atoms with E-state index < -0.39 is 63.9 Å². The number of aliphatic carboxylic acids is 2. The molecule has 2 aromatic heterocycles. The van der Waals surface area contributed by atoms with Crippen molar-refractivity contribution < 1.29 is 105 Å². The van der Waals surface area contributed by atoms with Crippen LogP contribution in [0.25, 0.3) is 11.4 Å². The van der Waals surface area contributed by atoms with Crippen molar-refractivity contribution in [3.8, 4) is 11.4 Å². The zero-order valence-electron chi connectivity index (χ0n) is 25.5. The molecular weight excluding hydrogens is 670 g/mol. The Morgan fingerprint density at radius 2 is 0.913 bits per heavy atom. The summed E-state index contributed by atoms with van der Waals surface area (Å²) < 4.78 is 64.9. The normalized spacial score (nSPS) is 13.9. The van der Waals surface area contributed by atoms with Crippen LogP contribution in [0.2, 0.25) is 0 Å². The van der Waals surface area contributed by atoms with Crippen molar-refractivity contribution in [3.63, 3.8) is 0 Å². The molecular formula is C26H26N4Na2O12S2. The van der Waals surface area contributed by atoms with E-state index in [1.54, 1.807) is 60.7 Å². The second kappa shape index (κ2) is 15.0. The van der Waals surface area contributed by atoms with E-state index in [0.29, 0.717) is 25.2 Å². The molecule has 2 atom stereocenters. The SMILES string of the molecule is Cc1[nH]n(-c2ccccc2)c(=O)c1C(C)(C(=O)O)S(=O)(=O)[O-].Cc1[nH]n(-c2ccccc2)c(=O)c1C(C)(C(=O)O)S(=O)(=O)[O-].[Na+].[Na+]. The molecule has 0 aliphatic rings. The summed E-state index contributed by atoms with van der Waals surface area (Å²) in [6, 6.07) is 16.3. The van der Waals surface area contributed by atoms with Crippen molar-refractivity contribution in [3.05, 3.63) is 104 Å². The predicted molar refractivity (Wildman–Crippen MR) is 152 cm³/mol. The second-order valence-corrected chi connectivity index (χ2v) is 13.2. The van der Waals surface area contributed by atoms with Crippen molar-refractivity contribution in [1.82, 2.24) is 19.6 Å². The molecule has 4 rings (SSSR count). The minimum absolute atomic E-state index is 0. The van der Waals surface area contributed by atoms with Crippen molar-refractivity contribution in [2.45, 2.75) is 37.2 Å². The van der Waals surface area contributed by atoms with Gasteiger partial charge in [-0.1, -0.05) is 36.4 Å². The monoisotopic (exact) mass is 696 g/mol. The Bertz CT molecular complexity index is 1920. The van der Waals surface area contributed by atoms with Gasteiger partial charge in [0.1, 0.15) is 20.2 Å². The van der Waals surface area contributed by atoms with Gasteiger partial charge in [0.15, 0.2) is 9.49 Å². The molecule has 4 N–H and O–H groups in total. The van der Waals surface area contributed by atoms with Gasteiger partial charge in [-0.15, -0.1) is 0 Å². The molecule has 0 radical (unpaired) electrons. The van der Waals surface area contributed by atoms with Gasteiger partial charge in [-0.3, -0.25) is 29.4 Å². The van der Waals surface area contributed by atoms with E-state index in [1.165, 1.54) is 13.8 Å². The standard InChI is InChI=1S/2C13H14N2O6S.2Na/c2*1-8-10(13(2,12(17)18)22(19,20)21)11(16)15(14-8)9-6-4-3-5-7-9;;/h2*3-7,14H,1-2H3,(H,17,18)(H,19,20,21);;/q;;2*+1/p-2. The number of aromatic nitrogens is 4. The second-order valence-electron chi connectivity index (χ2n) is 9.76. The smallest absolute Gasteiger partial charge is 0.747 e. The van der Waals surface area contributed by atoms with E-state index in [4.69, 9.17) is 0 Å². The molecule has 16 nitrogen and oxygen atoms in total. The summed E-state index contributed by atoms with van der Waals surface area (Å²) in [6.45, 7) is 4.10. The first-order valence-electron chi connectivity index (χ1n) is 12.3. The van der Waals surface area contributed by atoms with Crippen LogP contribution in [0, 0.1) is 13.8 Å². The molecule has 0 saturated carbocycles.